The van der Waals surface area contributed by atoms with Gasteiger partial charge in [0.1, 0.15) is 6.10 Å². The molecular weight excluding hydrogens is 520 g/mol. The van der Waals surface area contributed by atoms with Crippen molar-refractivity contribution in [2.75, 3.05) is 0 Å². The molecule has 42 heavy (non-hydrogen) atoms. The highest BCUT2D eigenvalue weighted by Gasteiger charge is 2.11. The third kappa shape index (κ3) is 32.2. The van der Waals surface area contributed by atoms with Crippen LogP contribution in [0.4, 0.5) is 0 Å². The number of carbonyl (C=O) groups excluding carboxylic acids is 1. The number of carbonyl (C=O) groups is 2. The molecular formula is C38H64O4. The Labute approximate surface area is 259 Å². The summed E-state index contributed by atoms with van der Waals surface area (Å²) in [6, 6.07) is 0. The van der Waals surface area contributed by atoms with Crippen molar-refractivity contribution < 1.29 is 19.4 Å². The SMILES string of the molecule is CC/C=C\C/C=C\C/C=C\C/C=C\CCCCCCCCC(=O)OC(/C=C\CCCCCC)CCCCCCC(=O)O. The second kappa shape index (κ2) is 33.1. The molecule has 1 unspecified atom stereocenters. The summed E-state index contributed by atoms with van der Waals surface area (Å²) in [5, 5.41) is 8.78. The fraction of sp³-hybridized carbons (Fsp3) is 0.684. The van der Waals surface area contributed by atoms with E-state index in [0.717, 1.165) is 83.5 Å². The number of carboxylic acids is 1. The molecule has 0 aromatic heterocycles. The summed E-state index contributed by atoms with van der Waals surface area (Å²) >= 11 is 0. The maximum absolute atomic E-state index is 12.5. The van der Waals surface area contributed by atoms with Crippen molar-refractivity contribution >= 4 is 11.9 Å². The van der Waals surface area contributed by atoms with Crippen LogP contribution in [0.5, 0.6) is 0 Å². The largest absolute Gasteiger partial charge is 0.481 e. The molecule has 0 aliphatic rings. The molecule has 0 aromatic carbocycles. The molecule has 0 rings (SSSR count). The van der Waals surface area contributed by atoms with Crippen LogP contribution >= 0.6 is 0 Å². The molecule has 4 nitrogen and oxygen atoms in total. The van der Waals surface area contributed by atoms with Gasteiger partial charge in [0.2, 0.25) is 0 Å². The van der Waals surface area contributed by atoms with Gasteiger partial charge in [-0.3, -0.25) is 9.59 Å². The van der Waals surface area contributed by atoms with Crippen molar-refractivity contribution in [3.63, 3.8) is 0 Å². The molecule has 0 bridgehead atoms. The zero-order valence-corrected chi connectivity index (χ0v) is 27.3. The summed E-state index contributed by atoms with van der Waals surface area (Å²) in [6.45, 7) is 4.38. The lowest BCUT2D eigenvalue weighted by Crippen LogP contribution is -2.16. The molecule has 0 heterocycles. The van der Waals surface area contributed by atoms with Gasteiger partial charge in [-0.25, -0.2) is 0 Å². The standard InChI is InChI=1S/C38H64O4/c1-3-5-7-9-11-12-13-14-15-16-17-18-19-20-21-22-23-25-31-35-38(41)42-36(32-28-24-10-8-6-4-2)33-29-26-27-30-34-37(39)40/h5,7,11-12,14-15,17-18,28,32,36H,3-4,6,8-10,13,16,19-27,29-31,33-35H2,1-2H3,(H,39,40)/b7-5-,12-11-,15-14-,18-17-,32-28-. The molecule has 0 saturated carbocycles. The molecule has 240 valence electrons. The summed E-state index contributed by atoms with van der Waals surface area (Å²) in [4.78, 5) is 23.2. The van der Waals surface area contributed by atoms with E-state index in [1.165, 1.54) is 51.4 Å². The number of carboxylic acid groups (broad SMARTS) is 1. The first-order valence-electron chi connectivity index (χ1n) is 17.3. The van der Waals surface area contributed by atoms with Gasteiger partial charge in [-0.2, -0.15) is 0 Å². The van der Waals surface area contributed by atoms with Crippen LogP contribution in [-0.2, 0) is 14.3 Å². The van der Waals surface area contributed by atoms with Gasteiger partial charge >= 0.3 is 11.9 Å². The minimum Gasteiger partial charge on any atom is -0.481 e. The quantitative estimate of drug-likeness (QED) is 0.0518. The van der Waals surface area contributed by atoms with Gasteiger partial charge in [0.05, 0.1) is 0 Å². The van der Waals surface area contributed by atoms with Crippen LogP contribution in [0.1, 0.15) is 162 Å². The number of aliphatic carboxylic acids is 1. The van der Waals surface area contributed by atoms with Crippen LogP contribution in [-0.4, -0.2) is 23.1 Å². The van der Waals surface area contributed by atoms with Crippen LogP contribution in [0.25, 0.3) is 0 Å². The smallest absolute Gasteiger partial charge is 0.306 e. The van der Waals surface area contributed by atoms with E-state index in [0.29, 0.717) is 6.42 Å². The number of hydrogen-bond acceptors (Lipinski definition) is 3. The topological polar surface area (TPSA) is 63.6 Å². The fourth-order valence-electron chi connectivity index (χ4n) is 4.67. The van der Waals surface area contributed by atoms with Gasteiger partial charge < -0.3 is 9.84 Å². The summed E-state index contributed by atoms with van der Waals surface area (Å²) in [7, 11) is 0. The molecule has 0 amide bonds. The zero-order chi connectivity index (χ0) is 30.8. The summed E-state index contributed by atoms with van der Waals surface area (Å²) in [6.07, 6.45) is 45.3. The van der Waals surface area contributed by atoms with E-state index in [-0.39, 0.29) is 18.5 Å². The van der Waals surface area contributed by atoms with E-state index in [2.05, 4.69) is 74.6 Å². The molecule has 0 aromatic rings. The highest BCUT2D eigenvalue weighted by Crippen LogP contribution is 2.15. The Morgan fingerprint density at radius 3 is 1.69 bits per heavy atom. The lowest BCUT2D eigenvalue weighted by molar-refractivity contribution is -0.147. The van der Waals surface area contributed by atoms with E-state index >= 15 is 0 Å². The molecule has 0 radical (unpaired) electrons. The summed E-state index contributed by atoms with van der Waals surface area (Å²) < 4.78 is 5.82. The highest BCUT2D eigenvalue weighted by molar-refractivity contribution is 5.69. The Morgan fingerprint density at radius 2 is 1.07 bits per heavy atom. The molecule has 1 atom stereocenters. The van der Waals surface area contributed by atoms with E-state index < -0.39 is 5.97 Å². The van der Waals surface area contributed by atoms with Crippen molar-refractivity contribution in [3.05, 3.63) is 60.8 Å². The van der Waals surface area contributed by atoms with E-state index in [4.69, 9.17) is 9.84 Å². The van der Waals surface area contributed by atoms with Crippen LogP contribution in [0.2, 0.25) is 0 Å². The van der Waals surface area contributed by atoms with Gasteiger partial charge in [0.25, 0.3) is 0 Å². The zero-order valence-electron chi connectivity index (χ0n) is 27.3. The van der Waals surface area contributed by atoms with Crippen LogP contribution in [0, 0.1) is 0 Å². The molecule has 0 aliphatic carbocycles. The van der Waals surface area contributed by atoms with Gasteiger partial charge in [-0.1, -0.05) is 126 Å². The maximum atomic E-state index is 12.5. The number of unbranched alkanes of at least 4 members (excludes halogenated alkanes) is 13. The molecule has 1 N–H and O–H groups in total. The van der Waals surface area contributed by atoms with Crippen molar-refractivity contribution in [2.24, 2.45) is 0 Å². The summed E-state index contributed by atoms with van der Waals surface area (Å²) in [5.74, 6) is -0.810. The average molecular weight is 585 g/mol. The Hall–Kier alpha value is -2.36. The molecule has 4 heteroatoms. The number of esters is 1. The predicted octanol–water partition coefficient (Wildman–Crippen LogP) is 11.8. The van der Waals surface area contributed by atoms with E-state index in [9.17, 15) is 9.59 Å². The molecule has 0 aliphatic heterocycles. The second-order valence-electron chi connectivity index (χ2n) is 11.3. The predicted molar refractivity (Wildman–Crippen MR) is 181 cm³/mol. The minimum atomic E-state index is -0.727. The van der Waals surface area contributed by atoms with Crippen LogP contribution in [0.3, 0.4) is 0 Å². The normalized spacial score (nSPS) is 13.0. The monoisotopic (exact) mass is 584 g/mol. The molecule has 0 fully saturated rings. The van der Waals surface area contributed by atoms with Gasteiger partial charge in [-0.15, -0.1) is 0 Å². The average Bonchev–Trinajstić information content (AvgIpc) is 2.97. The lowest BCUT2D eigenvalue weighted by atomic mass is 10.1. The van der Waals surface area contributed by atoms with Crippen molar-refractivity contribution in [1.82, 2.24) is 0 Å². The number of ether oxygens (including phenoxy) is 1. The Bertz CT molecular complexity index is 759. The van der Waals surface area contributed by atoms with Crippen molar-refractivity contribution in [1.29, 1.82) is 0 Å². The highest BCUT2D eigenvalue weighted by atomic mass is 16.5. The van der Waals surface area contributed by atoms with Gasteiger partial charge in [-0.05, 0) is 83.1 Å². The minimum absolute atomic E-state index is 0.0825. The number of rotatable bonds is 30. The maximum Gasteiger partial charge on any atom is 0.306 e. The first kappa shape index (κ1) is 39.6. The number of allylic oxidation sites excluding steroid dienone is 9. The Balaban J connectivity index is 3.95. The van der Waals surface area contributed by atoms with Crippen LogP contribution < -0.4 is 0 Å². The Kier molecular flexibility index (Phi) is 31.3. The summed E-state index contributed by atoms with van der Waals surface area (Å²) in [5.41, 5.74) is 0. The third-order valence-electron chi connectivity index (χ3n) is 7.21. The van der Waals surface area contributed by atoms with E-state index in [1.54, 1.807) is 0 Å². The molecule has 0 spiro atoms. The molecule has 0 saturated heterocycles. The first-order valence-corrected chi connectivity index (χ1v) is 17.3. The van der Waals surface area contributed by atoms with Crippen LogP contribution in [0.15, 0.2) is 60.8 Å². The Morgan fingerprint density at radius 1 is 0.571 bits per heavy atom. The first-order chi connectivity index (χ1) is 20.6. The fourth-order valence-corrected chi connectivity index (χ4v) is 4.67. The van der Waals surface area contributed by atoms with Gasteiger partial charge in [0.15, 0.2) is 0 Å². The van der Waals surface area contributed by atoms with Gasteiger partial charge in [0, 0.05) is 12.8 Å². The van der Waals surface area contributed by atoms with Crippen molar-refractivity contribution in [2.45, 2.75) is 168 Å². The lowest BCUT2D eigenvalue weighted by Gasteiger charge is -2.15. The van der Waals surface area contributed by atoms with Crippen molar-refractivity contribution in [3.8, 4) is 0 Å². The number of hydrogen-bond donors (Lipinski definition) is 1. The second-order valence-corrected chi connectivity index (χ2v) is 11.3. The third-order valence-corrected chi connectivity index (χ3v) is 7.21. The van der Waals surface area contributed by atoms with E-state index in [1.807, 2.05) is 0 Å².